The molecule has 1 heterocycles. The first-order valence-electron chi connectivity index (χ1n) is 8.58. The van der Waals surface area contributed by atoms with Gasteiger partial charge in [0.05, 0.1) is 31.5 Å². The largest absolute Gasteiger partial charge is 0.465 e. The lowest BCUT2D eigenvalue weighted by Crippen LogP contribution is -2.40. The van der Waals surface area contributed by atoms with E-state index in [0.717, 1.165) is 17.5 Å². The maximum atomic E-state index is 12.0. The molecule has 1 aliphatic rings. The molecule has 3 unspecified atom stereocenters. The van der Waals surface area contributed by atoms with Crippen LogP contribution < -0.4 is 0 Å². The van der Waals surface area contributed by atoms with E-state index in [0.29, 0.717) is 18.4 Å². The summed E-state index contributed by atoms with van der Waals surface area (Å²) in [6.07, 6.45) is 8.09. The maximum Gasteiger partial charge on any atom is 0.338 e. The molecule has 0 radical (unpaired) electrons. The van der Waals surface area contributed by atoms with Gasteiger partial charge in [0.2, 0.25) is 0 Å². The first-order valence-corrected chi connectivity index (χ1v) is 8.58. The van der Waals surface area contributed by atoms with E-state index < -0.39 is 12.2 Å². The van der Waals surface area contributed by atoms with Crippen molar-refractivity contribution in [2.45, 2.75) is 44.5 Å². The Morgan fingerprint density at radius 2 is 2.08 bits per heavy atom. The predicted molar refractivity (Wildman–Crippen MR) is 97.1 cm³/mol. The molecule has 5 nitrogen and oxygen atoms in total. The highest BCUT2D eigenvalue weighted by molar-refractivity contribution is 5.94. The maximum absolute atomic E-state index is 12.0. The van der Waals surface area contributed by atoms with Crippen LogP contribution in [0.15, 0.2) is 30.4 Å². The standard InChI is InChI=1S/C20H26O5/c1-3-4-7-15-10-9-14(11-17(15)20(23)24-2)6-5-8-16-12-18(21)19(22)13-25-16/h4-7,9-11,16,18-19,21-22H,3,8,12-13H2,1-2H3. The van der Waals surface area contributed by atoms with Crippen LogP contribution in [0.25, 0.3) is 12.2 Å². The lowest BCUT2D eigenvalue weighted by Gasteiger charge is -2.29. The molecule has 1 fully saturated rings. The highest BCUT2D eigenvalue weighted by Gasteiger charge is 2.27. The molecule has 0 spiro atoms. The molecule has 2 rings (SSSR count). The fourth-order valence-corrected chi connectivity index (χ4v) is 2.71. The minimum atomic E-state index is -0.799. The number of carbonyl (C=O) groups excluding carboxylic acids is 1. The molecule has 1 aliphatic heterocycles. The summed E-state index contributed by atoms with van der Waals surface area (Å²) in [6.45, 7) is 2.19. The molecule has 1 saturated heterocycles. The van der Waals surface area contributed by atoms with Gasteiger partial charge in [-0.1, -0.05) is 43.4 Å². The van der Waals surface area contributed by atoms with Crippen molar-refractivity contribution in [3.05, 3.63) is 47.0 Å². The van der Waals surface area contributed by atoms with Gasteiger partial charge in [0, 0.05) is 6.42 Å². The molecule has 0 aliphatic carbocycles. The van der Waals surface area contributed by atoms with Crippen LogP contribution in [0.5, 0.6) is 0 Å². The third-order valence-electron chi connectivity index (χ3n) is 4.18. The molecular weight excluding hydrogens is 320 g/mol. The number of benzene rings is 1. The van der Waals surface area contributed by atoms with Gasteiger partial charge in [0.15, 0.2) is 0 Å². The lowest BCUT2D eigenvalue weighted by molar-refractivity contribution is -0.119. The quantitative estimate of drug-likeness (QED) is 0.775. The van der Waals surface area contributed by atoms with E-state index in [4.69, 9.17) is 9.47 Å². The summed E-state index contributed by atoms with van der Waals surface area (Å²) in [6, 6.07) is 5.64. The Hall–Kier alpha value is -1.95. The first kappa shape index (κ1) is 19.4. The van der Waals surface area contributed by atoms with Crippen LogP contribution in [0.4, 0.5) is 0 Å². The average molecular weight is 346 g/mol. The Bertz CT molecular complexity index is 635. The van der Waals surface area contributed by atoms with Gasteiger partial charge in [-0.15, -0.1) is 0 Å². The van der Waals surface area contributed by atoms with Gasteiger partial charge < -0.3 is 19.7 Å². The van der Waals surface area contributed by atoms with Crippen molar-refractivity contribution >= 4 is 18.1 Å². The second kappa shape index (κ2) is 9.51. The number of methoxy groups -OCH3 is 1. The molecule has 0 amide bonds. The van der Waals surface area contributed by atoms with Gasteiger partial charge in [-0.2, -0.15) is 0 Å². The van der Waals surface area contributed by atoms with E-state index in [1.54, 1.807) is 6.07 Å². The third kappa shape index (κ3) is 5.53. The molecule has 1 aromatic carbocycles. The number of allylic oxidation sites excluding steroid dienone is 1. The number of esters is 1. The van der Waals surface area contributed by atoms with Gasteiger partial charge in [-0.25, -0.2) is 4.79 Å². The molecule has 136 valence electrons. The lowest BCUT2D eigenvalue weighted by atomic mass is 10.00. The zero-order chi connectivity index (χ0) is 18.2. The number of rotatable bonds is 6. The summed E-state index contributed by atoms with van der Waals surface area (Å²) in [7, 11) is 1.37. The van der Waals surface area contributed by atoms with Gasteiger partial charge in [0.1, 0.15) is 6.10 Å². The molecule has 2 N–H and O–H groups in total. The monoisotopic (exact) mass is 346 g/mol. The van der Waals surface area contributed by atoms with Crippen LogP contribution >= 0.6 is 0 Å². The van der Waals surface area contributed by atoms with Crippen LogP contribution in [0.1, 0.15) is 47.7 Å². The van der Waals surface area contributed by atoms with Crippen molar-refractivity contribution in [3.63, 3.8) is 0 Å². The van der Waals surface area contributed by atoms with E-state index in [-0.39, 0.29) is 18.7 Å². The molecule has 5 heteroatoms. The smallest absolute Gasteiger partial charge is 0.338 e. The molecule has 3 atom stereocenters. The molecule has 25 heavy (non-hydrogen) atoms. The van der Waals surface area contributed by atoms with E-state index in [2.05, 4.69) is 0 Å². The van der Waals surface area contributed by atoms with Gasteiger partial charge in [-0.3, -0.25) is 0 Å². The van der Waals surface area contributed by atoms with Crippen molar-refractivity contribution in [1.29, 1.82) is 0 Å². The third-order valence-corrected chi connectivity index (χ3v) is 4.18. The van der Waals surface area contributed by atoms with Crippen molar-refractivity contribution < 1.29 is 24.5 Å². The summed E-state index contributed by atoms with van der Waals surface area (Å²) in [5.41, 5.74) is 2.26. The number of carbonyl (C=O) groups is 1. The number of ether oxygens (including phenoxy) is 2. The summed E-state index contributed by atoms with van der Waals surface area (Å²) in [5.74, 6) is -0.362. The summed E-state index contributed by atoms with van der Waals surface area (Å²) in [4.78, 5) is 12.0. The topological polar surface area (TPSA) is 76.0 Å². The van der Waals surface area contributed by atoms with Crippen molar-refractivity contribution in [3.8, 4) is 0 Å². The fourth-order valence-electron chi connectivity index (χ4n) is 2.71. The number of aliphatic hydroxyl groups is 2. The van der Waals surface area contributed by atoms with Crippen LogP contribution in [-0.4, -0.2) is 48.2 Å². The second-order valence-electron chi connectivity index (χ2n) is 6.11. The zero-order valence-electron chi connectivity index (χ0n) is 14.7. The van der Waals surface area contributed by atoms with E-state index in [1.807, 2.05) is 43.4 Å². The van der Waals surface area contributed by atoms with Crippen LogP contribution in [0.3, 0.4) is 0 Å². The number of aliphatic hydroxyl groups excluding tert-OH is 2. The van der Waals surface area contributed by atoms with Crippen molar-refractivity contribution in [2.75, 3.05) is 13.7 Å². The SMILES string of the molecule is CCC=Cc1ccc(C=CCC2CC(O)C(O)CO2)cc1C(=O)OC. The molecule has 1 aromatic rings. The summed E-state index contributed by atoms with van der Waals surface area (Å²) < 4.78 is 10.4. The minimum absolute atomic E-state index is 0.110. The van der Waals surface area contributed by atoms with Gasteiger partial charge in [0.25, 0.3) is 0 Å². The number of hydrogen-bond donors (Lipinski definition) is 2. The Balaban J connectivity index is 2.06. The number of hydrogen-bond acceptors (Lipinski definition) is 5. The molecule has 0 saturated carbocycles. The van der Waals surface area contributed by atoms with E-state index in [1.165, 1.54) is 7.11 Å². The first-order chi connectivity index (χ1) is 12.0. The Morgan fingerprint density at radius 3 is 2.76 bits per heavy atom. The van der Waals surface area contributed by atoms with Gasteiger partial charge in [-0.05, 0) is 30.0 Å². The summed E-state index contributed by atoms with van der Waals surface area (Å²) in [5, 5.41) is 19.1. The Labute approximate surface area is 148 Å². The highest BCUT2D eigenvalue weighted by atomic mass is 16.5. The van der Waals surface area contributed by atoms with Crippen LogP contribution in [0, 0.1) is 0 Å². The van der Waals surface area contributed by atoms with Crippen LogP contribution in [-0.2, 0) is 9.47 Å². The summed E-state index contributed by atoms with van der Waals surface area (Å²) >= 11 is 0. The minimum Gasteiger partial charge on any atom is -0.465 e. The molecule has 0 aromatic heterocycles. The second-order valence-corrected chi connectivity index (χ2v) is 6.11. The predicted octanol–water partition coefficient (Wildman–Crippen LogP) is 2.81. The highest BCUT2D eigenvalue weighted by Crippen LogP contribution is 2.20. The average Bonchev–Trinajstić information content (AvgIpc) is 2.62. The van der Waals surface area contributed by atoms with Crippen molar-refractivity contribution in [2.24, 2.45) is 0 Å². The zero-order valence-corrected chi connectivity index (χ0v) is 14.7. The van der Waals surface area contributed by atoms with Gasteiger partial charge >= 0.3 is 5.97 Å². The van der Waals surface area contributed by atoms with E-state index in [9.17, 15) is 15.0 Å². The van der Waals surface area contributed by atoms with Crippen molar-refractivity contribution in [1.82, 2.24) is 0 Å². The van der Waals surface area contributed by atoms with E-state index >= 15 is 0 Å². The fraction of sp³-hybridized carbons (Fsp3) is 0.450. The molecular formula is C20H26O5. The Morgan fingerprint density at radius 1 is 1.28 bits per heavy atom. The molecule has 0 bridgehead atoms. The Kier molecular flexibility index (Phi) is 7.37. The normalized spacial score (nSPS) is 24.1. The van der Waals surface area contributed by atoms with Crippen LogP contribution in [0.2, 0.25) is 0 Å².